The summed E-state index contributed by atoms with van der Waals surface area (Å²) in [4.78, 5) is 0. The molecule has 0 aliphatic carbocycles. The van der Waals surface area contributed by atoms with Gasteiger partial charge in [0.25, 0.3) is 0 Å². The standard InChI is InChI=1S/C12H12O2/c13-9-10-4-6-11(7-5-10)12-3-1-2-8-14-12/h2-8,13H,1,9H2. The SMILES string of the molecule is OCc1ccc(C2=CCC=CO2)cc1. The molecule has 0 spiro atoms. The first-order chi connectivity index (χ1) is 6.90. The summed E-state index contributed by atoms with van der Waals surface area (Å²) >= 11 is 0. The number of allylic oxidation sites excluding steroid dienone is 2. The van der Waals surface area contributed by atoms with E-state index < -0.39 is 0 Å². The first-order valence-corrected chi connectivity index (χ1v) is 4.62. The van der Waals surface area contributed by atoms with Crippen LogP contribution in [0.3, 0.4) is 0 Å². The third-order valence-electron chi connectivity index (χ3n) is 2.15. The van der Waals surface area contributed by atoms with Crippen molar-refractivity contribution in [3.63, 3.8) is 0 Å². The van der Waals surface area contributed by atoms with Crippen molar-refractivity contribution < 1.29 is 9.84 Å². The van der Waals surface area contributed by atoms with Gasteiger partial charge < -0.3 is 9.84 Å². The zero-order valence-electron chi connectivity index (χ0n) is 7.81. The summed E-state index contributed by atoms with van der Waals surface area (Å²) in [6.45, 7) is 0.0834. The number of hydrogen-bond donors (Lipinski definition) is 1. The van der Waals surface area contributed by atoms with Gasteiger partial charge in [-0.2, -0.15) is 0 Å². The number of rotatable bonds is 2. The molecule has 0 aromatic heterocycles. The lowest BCUT2D eigenvalue weighted by atomic mass is 10.1. The van der Waals surface area contributed by atoms with Crippen LogP contribution in [0.4, 0.5) is 0 Å². The Labute approximate surface area is 83.1 Å². The van der Waals surface area contributed by atoms with Gasteiger partial charge in [0.1, 0.15) is 5.76 Å². The maximum atomic E-state index is 8.88. The Morgan fingerprint density at radius 2 is 2.00 bits per heavy atom. The van der Waals surface area contributed by atoms with Crippen molar-refractivity contribution in [1.29, 1.82) is 0 Å². The molecule has 0 atom stereocenters. The molecule has 14 heavy (non-hydrogen) atoms. The highest BCUT2D eigenvalue weighted by Crippen LogP contribution is 2.20. The second kappa shape index (κ2) is 4.11. The molecule has 0 amide bonds. The number of hydrogen-bond acceptors (Lipinski definition) is 2. The van der Waals surface area contributed by atoms with Crippen LogP contribution >= 0.6 is 0 Å². The van der Waals surface area contributed by atoms with E-state index in [0.717, 1.165) is 23.3 Å². The van der Waals surface area contributed by atoms with E-state index >= 15 is 0 Å². The van der Waals surface area contributed by atoms with Crippen molar-refractivity contribution in [2.45, 2.75) is 13.0 Å². The fourth-order valence-electron chi connectivity index (χ4n) is 1.36. The second-order valence-corrected chi connectivity index (χ2v) is 3.15. The maximum Gasteiger partial charge on any atom is 0.130 e. The van der Waals surface area contributed by atoms with E-state index in [1.807, 2.05) is 36.4 Å². The summed E-state index contributed by atoms with van der Waals surface area (Å²) in [6.07, 6.45) is 6.62. The number of ether oxygens (including phenoxy) is 1. The molecule has 0 bridgehead atoms. The number of aliphatic hydroxyl groups is 1. The quantitative estimate of drug-likeness (QED) is 0.772. The zero-order chi connectivity index (χ0) is 9.80. The molecule has 1 aromatic rings. The van der Waals surface area contributed by atoms with E-state index in [-0.39, 0.29) is 6.61 Å². The van der Waals surface area contributed by atoms with Gasteiger partial charge in [0.05, 0.1) is 12.9 Å². The molecule has 0 saturated heterocycles. The zero-order valence-corrected chi connectivity index (χ0v) is 7.81. The Morgan fingerprint density at radius 1 is 1.21 bits per heavy atom. The molecule has 2 heteroatoms. The Bertz CT molecular complexity index is 360. The van der Waals surface area contributed by atoms with Crippen molar-refractivity contribution in [2.24, 2.45) is 0 Å². The van der Waals surface area contributed by atoms with Gasteiger partial charge in [0, 0.05) is 5.56 Å². The topological polar surface area (TPSA) is 29.5 Å². The van der Waals surface area contributed by atoms with Crippen molar-refractivity contribution in [3.05, 3.63) is 53.8 Å². The van der Waals surface area contributed by atoms with Crippen LogP contribution in [-0.4, -0.2) is 5.11 Å². The van der Waals surface area contributed by atoms with Crippen LogP contribution in [0.15, 0.2) is 42.7 Å². The van der Waals surface area contributed by atoms with Gasteiger partial charge in [-0.1, -0.05) is 24.3 Å². The summed E-state index contributed by atoms with van der Waals surface area (Å²) in [5, 5.41) is 8.88. The minimum Gasteiger partial charge on any atom is -0.465 e. The predicted molar refractivity (Wildman–Crippen MR) is 55.2 cm³/mol. The normalized spacial score (nSPS) is 14.8. The highest BCUT2D eigenvalue weighted by molar-refractivity contribution is 5.61. The van der Waals surface area contributed by atoms with E-state index in [4.69, 9.17) is 9.84 Å². The second-order valence-electron chi connectivity index (χ2n) is 3.15. The van der Waals surface area contributed by atoms with Gasteiger partial charge in [-0.15, -0.1) is 0 Å². The summed E-state index contributed by atoms with van der Waals surface area (Å²) < 4.78 is 5.36. The molecule has 0 saturated carbocycles. The highest BCUT2D eigenvalue weighted by Gasteiger charge is 2.03. The monoisotopic (exact) mass is 188 g/mol. The number of aliphatic hydroxyl groups excluding tert-OH is 1. The Morgan fingerprint density at radius 3 is 2.57 bits per heavy atom. The van der Waals surface area contributed by atoms with Crippen LogP contribution in [0.25, 0.3) is 5.76 Å². The average Bonchev–Trinajstić information content (AvgIpc) is 2.30. The third kappa shape index (κ3) is 1.86. The van der Waals surface area contributed by atoms with Gasteiger partial charge in [-0.05, 0) is 24.1 Å². The van der Waals surface area contributed by atoms with Gasteiger partial charge in [-0.3, -0.25) is 0 Å². The van der Waals surface area contributed by atoms with E-state index in [1.54, 1.807) is 6.26 Å². The van der Waals surface area contributed by atoms with E-state index in [1.165, 1.54) is 0 Å². The van der Waals surface area contributed by atoms with Crippen LogP contribution in [0, 0.1) is 0 Å². The molecule has 0 fully saturated rings. The van der Waals surface area contributed by atoms with Crippen LogP contribution in [0.5, 0.6) is 0 Å². The van der Waals surface area contributed by atoms with Crippen LogP contribution < -0.4 is 0 Å². The smallest absolute Gasteiger partial charge is 0.130 e. The van der Waals surface area contributed by atoms with Gasteiger partial charge >= 0.3 is 0 Å². The Kier molecular flexibility index (Phi) is 2.65. The molecule has 1 aromatic carbocycles. The molecule has 72 valence electrons. The van der Waals surface area contributed by atoms with E-state index in [2.05, 4.69) is 0 Å². The van der Waals surface area contributed by atoms with Crippen molar-refractivity contribution in [1.82, 2.24) is 0 Å². The van der Waals surface area contributed by atoms with E-state index in [9.17, 15) is 0 Å². The summed E-state index contributed by atoms with van der Waals surface area (Å²) in [6, 6.07) is 7.71. The molecule has 0 radical (unpaired) electrons. The van der Waals surface area contributed by atoms with Crippen LogP contribution in [0.2, 0.25) is 0 Å². The summed E-state index contributed by atoms with van der Waals surface area (Å²) in [5.74, 6) is 0.886. The predicted octanol–water partition coefficient (Wildman–Crippen LogP) is 2.45. The first-order valence-electron chi connectivity index (χ1n) is 4.62. The minimum atomic E-state index is 0.0834. The molecule has 2 nitrogen and oxygen atoms in total. The van der Waals surface area contributed by atoms with Crippen LogP contribution in [-0.2, 0) is 11.3 Å². The largest absolute Gasteiger partial charge is 0.465 e. The van der Waals surface area contributed by atoms with Crippen molar-refractivity contribution in [3.8, 4) is 0 Å². The fourth-order valence-corrected chi connectivity index (χ4v) is 1.36. The fraction of sp³-hybridized carbons (Fsp3) is 0.167. The van der Waals surface area contributed by atoms with Crippen LogP contribution in [0.1, 0.15) is 17.5 Å². The molecular formula is C12H12O2. The Hall–Kier alpha value is -1.54. The van der Waals surface area contributed by atoms with Gasteiger partial charge in [-0.25, -0.2) is 0 Å². The molecule has 1 N–H and O–H groups in total. The number of benzene rings is 1. The van der Waals surface area contributed by atoms with Gasteiger partial charge in [0.15, 0.2) is 0 Å². The Balaban J connectivity index is 2.20. The molecule has 0 unspecified atom stereocenters. The minimum absolute atomic E-state index is 0.0834. The summed E-state index contributed by atoms with van der Waals surface area (Å²) in [7, 11) is 0. The molecule has 1 aliphatic rings. The maximum absolute atomic E-state index is 8.88. The lowest BCUT2D eigenvalue weighted by Gasteiger charge is -2.09. The average molecular weight is 188 g/mol. The molecule has 1 aliphatic heterocycles. The van der Waals surface area contributed by atoms with Crippen molar-refractivity contribution in [2.75, 3.05) is 0 Å². The third-order valence-corrected chi connectivity index (χ3v) is 2.15. The lowest BCUT2D eigenvalue weighted by Crippen LogP contribution is -1.91. The van der Waals surface area contributed by atoms with Crippen molar-refractivity contribution >= 4 is 5.76 Å². The summed E-state index contributed by atoms with van der Waals surface area (Å²) in [5.41, 5.74) is 1.97. The molecule has 1 heterocycles. The van der Waals surface area contributed by atoms with E-state index in [0.29, 0.717) is 0 Å². The highest BCUT2D eigenvalue weighted by atomic mass is 16.5. The molecule has 2 rings (SSSR count). The molecular weight excluding hydrogens is 176 g/mol. The lowest BCUT2D eigenvalue weighted by molar-refractivity contribution is 0.282. The van der Waals surface area contributed by atoms with Gasteiger partial charge in [0.2, 0.25) is 0 Å². The first kappa shape index (κ1) is 9.03.